The summed E-state index contributed by atoms with van der Waals surface area (Å²) in [4.78, 5) is 0. The zero-order chi connectivity index (χ0) is 12.4. The van der Waals surface area contributed by atoms with E-state index in [0.29, 0.717) is 5.56 Å². The van der Waals surface area contributed by atoms with E-state index in [1.54, 1.807) is 0 Å². The Morgan fingerprint density at radius 3 is 2.47 bits per heavy atom. The van der Waals surface area contributed by atoms with Gasteiger partial charge >= 0.3 is 0 Å². The lowest BCUT2D eigenvalue weighted by molar-refractivity contribution is 0.299. The molecule has 2 rings (SSSR count). The Hall–Kier alpha value is -1.16. The van der Waals surface area contributed by atoms with Crippen LogP contribution >= 0.6 is 0 Å². The second kappa shape index (κ2) is 5.00. The average molecular weight is 241 g/mol. The van der Waals surface area contributed by atoms with Crippen LogP contribution in [0.1, 0.15) is 43.7 Å². The summed E-state index contributed by atoms with van der Waals surface area (Å²) in [6, 6.07) is 1.99. The predicted molar refractivity (Wildman–Crippen MR) is 61.5 cm³/mol. The van der Waals surface area contributed by atoms with Crippen LogP contribution in [0.5, 0.6) is 5.75 Å². The van der Waals surface area contributed by atoms with Gasteiger partial charge in [0.25, 0.3) is 0 Å². The van der Waals surface area contributed by atoms with Gasteiger partial charge in [-0.3, -0.25) is 0 Å². The highest BCUT2D eigenvalue weighted by molar-refractivity contribution is 5.37. The molecule has 1 saturated carbocycles. The molecule has 0 spiro atoms. The van der Waals surface area contributed by atoms with E-state index in [9.17, 15) is 13.9 Å². The molecule has 0 unspecified atom stereocenters. The van der Waals surface area contributed by atoms with Crippen molar-refractivity contribution in [3.05, 3.63) is 29.3 Å². The first-order valence-electron chi connectivity index (χ1n) is 6.03. The van der Waals surface area contributed by atoms with E-state index in [1.807, 2.05) is 0 Å². The van der Waals surface area contributed by atoms with Crippen LogP contribution in [0.4, 0.5) is 8.78 Å². The minimum Gasteiger partial charge on any atom is -0.505 e. The molecule has 1 aliphatic carbocycles. The monoisotopic (exact) mass is 241 g/mol. The van der Waals surface area contributed by atoms with Gasteiger partial charge < -0.3 is 10.8 Å². The summed E-state index contributed by atoms with van der Waals surface area (Å²) < 4.78 is 26.1. The quantitative estimate of drug-likeness (QED) is 0.834. The fourth-order valence-electron chi connectivity index (χ4n) is 2.57. The van der Waals surface area contributed by atoms with E-state index in [1.165, 1.54) is 12.5 Å². The van der Waals surface area contributed by atoms with Crippen LogP contribution < -0.4 is 5.73 Å². The number of rotatable bonds is 2. The van der Waals surface area contributed by atoms with Crippen LogP contribution in [0.2, 0.25) is 0 Å². The van der Waals surface area contributed by atoms with E-state index in [2.05, 4.69) is 0 Å². The van der Waals surface area contributed by atoms with Gasteiger partial charge in [0.1, 0.15) is 0 Å². The van der Waals surface area contributed by atoms with Crippen LogP contribution in [-0.4, -0.2) is 5.11 Å². The number of hydrogen-bond acceptors (Lipinski definition) is 2. The molecule has 1 aliphatic rings. The first-order valence-corrected chi connectivity index (χ1v) is 6.03. The zero-order valence-corrected chi connectivity index (χ0v) is 9.63. The van der Waals surface area contributed by atoms with Crippen LogP contribution in [0, 0.1) is 17.6 Å². The molecule has 0 bridgehead atoms. The van der Waals surface area contributed by atoms with Crippen LogP contribution in [0.15, 0.2) is 12.1 Å². The molecular weight excluding hydrogens is 224 g/mol. The minimum atomic E-state index is -1.20. The lowest BCUT2D eigenvalue weighted by Crippen LogP contribution is -2.23. The van der Waals surface area contributed by atoms with E-state index in [0.717, 1.165) is 31.7 Å². The highest BCUT2D eigenvalue weighted by Crippen LogP contribution is 2.37. The molecule has 4 heteroatoms. The van der Waals surface area contributed by atoms with E-state index < -0.39 is 23.4 Å². The smallest absolute Gasteiger partial charge is 0.200 e. The van der Waals surface area contributed by atoms with Crippen LogP contribution in [0.25, 0.3) is 0 Å². The lowest BCUT2D eigenvalue weighted by Gasteiger charge is -2.28. The molecule has 0 aromatic heterocycles. The van der Waals surface area contributed by atoms with Crippen molar-refractivity contribution in [1.82, 2.24) is 0 Å². The fourth-order valence-corrected chi connectivity index (χ4v) is 2.57. The number of hydrogen-bond donors (Lipinski definition) is 2. The molecular formula is C13H17F2NO. The van der Waals surface area contributed by atoms with Gasteiger partial charge in [-0.15, -0.1) is 0 Å². The van der Waals surface area contributed by atoms with Crippen molar-refractivity contribution in [1.29, 1.82) is 0 Å². The Labute approximate surface area is 99.4 Å². The van der Waals surface area contributed by atoms with Crippen molar-refractivity contribution >= 4 is 0 Å². The third-order valence-electron chi connectivity index (χ3n) is 3.62. The standard InChI is InChI=1S/C13H17F2NO/c14-10-7-6-9(13(17)11(10)15)12(16)8-4-2-1-3-5-8/h6-8,12,17H,1-5,16H2/t12-/m0/s1. The van der Waals surface area contributed by atoms with Crippen molar-refractivity contribution in [2.24, 2.45) is 11.7 Å². The normalized spacial score (nSPS) is 19.2. The molecule has 0 radical (unpaired) electrons. The summed E-state index contributed by atoms with van der Waals surface area (Å²) in [5, 5.41) is 9.58. The number of benzene rings is 1. The van der Waals surface area contributed by atoms with E-state index >= 15 is 0 Å². The first kappa shape index (κ1) is 12.3. The van der Waals surface area contributed by atoms with Crippen LogP contribution in [0.3, 0.4) is 0 Å². The fraction of sp³-hybridized carbons (Fsp3) is 0.538. The zero-order valence-electron chi connectivity index (χ0n) is 9.63. The molecule has 0 heterocycles. The summed E-state index contributed by atoms with van der Waals surface area (Å²) in [7, 11) is 0. The minimum absolute atomic E-state index is 0.250. The summed E-state index contributed by atoms with van der Waals surface area (Å²) in [6.45, 7) is 0. The van der Waals surface area contributed by atoms with Gasteiger partial charge in [-0.05, 0) is 24.8 Å². The summed E-state index contributed by atoms with van der Waals surface area (Å²) in [6.07, 6.45) is 5.40. The topological polar surface area (TPSA) is 46.2 Å². The molecule has 17 heavy (non-hydrogen) atoms. The van der Waals surface area contributed by atoms with Crippen molar-refractivity contribution < 1.29 is 13.9 Å². The molecule has 0 amide bonds. The highest BCUT2D eigenvalue weighted by atomic mass is 19.2. The summed E-state index contributed by atoms with van der Waals surface area (Å²) >= 11 is 0. The maximum Gasteiger partial charge on any atom is 0.200 e. The molecule has 1 atom stereocenters. The number of halogens is 2. The third kappa shape index (κ3) is 2.41. The second-order valence-corrected chi connectivity index (χ2v) is 4.72. The molecule has 1 aromatic rings. The number of aromatic hydroxyl groups is 1. The predicted octanol–water partition coefficient (Wildman–Crippen LogP) is 3.25. The number of phenols is 1. The SMILES string of the molecule is N[C@H](c1ccc(F)c(F)c1O)C1CCCCC1. The van der Waals surface area contributed by atoms with Gasteiger partial charge in [0, 0.05) is 11.6 Å². The molecule has 0 aliphatic heterocycles. The molecule has 2 nitrogen and oxygen atoms in total. The Bertz CT molecular complexity index is 403. The molecule has 1 fully saturated rings. The van der Waals surface area contributed by atoms with Gasteiger partial charge in [0.2, 0.25) is 5.82 Å². The molecule has 94 valence electrons. The van der Waals surface area contributed by atoms with Crippen molar-refractivity contribution in [3.8, 4) is 5.75 Å². The Morgan fingerprint density at radius 2 is 1.82 bits per heavy atom. The maximum atomic E-state index is 13.2. The highest BCUT2D eigenvalue weighted by Gasteiger charge is 2.25. The lowest BCUT2D eigenvalue weighted by atomic mass is 9.81. The molecule has 0 saturated heterocycles. The van der Waals surface area contributed by atoms with Crippen LogP contribution in [-0.2, 0) is 0 Å². The van der Waals surface area contributed by atoms with E-state index in [4.69, 9.17) is 5.73 Å². The molecule has 1 aromatic carbocycles. The van der Waals surface area contributed by atoms with Gasteiger partial charge in [0.05, 0.1) is 0 Å². The van der Waals surface area contributed by atoms with Gasteiger partial charge in [-0.25, -0.2) is 4.39 Å². The Morgan fingerprint density at radius 1 is 1.18 bits per heavy atom. The average Bonchev–Trinajstić information content (AvgIpc) is 2.36. The summed E-state index contributed by atoms with van der Waals surface area (Å²) in [5.41, 5.74) is 6.36. The maximum absolute atomic E-state index is 13.2. The third-order valence-corrected chi connectivity index (χ3v) is 3.62. The van der Waals surface area contributed by atoms with Gasteiger partial charge in [-0.1, -0.05) is 25.3 Å². The van der Waals surface area contributed by atoms with Crippen molar-refractivity contribution in [2.75, 3.05) is 0 Å². The summed E-state index contributed by atoms with van der Waals surface area (Å²) in [5.74, 6) is -2.63. The van der Waals surface area contributed by atoms with Crippen molar-refractivity contribution in [2.45, 2.75) is 38.1 Å². The largest absolute Gasteiger partial charge is 0.505 e. The Kier molecular flexibility index (Phi) is 3.62. The number of nitrogens with two attached hydrogens (primary N) is 1. The van der Waals surface area contributed by atoms with Gasteiger partial charge in [0.15, 0.2) is 11.6 Å². The van der Waals surface area contributed by atoms with Crippen molar-refractivity contribution in [3.63, 3.8) is 0 Å². The van der Waals surface area contributed by atoms with E-state index in [-0.39, 0.29) is 5.92 Å². The second-order valence-electron chi connectivity index (χ2n) is 4.72. The van der Waals surface area contributed by atoms with Gasteiger partial charge in [-0.2, -0.15) is 4.39 Å². The number of phenolic OH excluding ortho intramolecular Hbond substituents is 1. The molecule has 3 N–H and O–H groups in total. The Balaban J connectivity index is 2.24. The first-order chi connectivity index (χ1) is 8.11.